The minimum absolute atomic E-state index is 0.0654. The molecule has 0 saturated heterocycles. The number of nitrogens with one attached hydrogen (secondary N) is 1. The monoisotopic (exact) mass is 360 g/mol. The third-order valence-electron chi connectivity index (χ3n) is 4.41. The number of carbonyl (C=O) groups is 2. The van der Waals surface area contributed by atoms with Gasteiger partial charge in [-0.3, -0.25) is 14.9 Å². The van der Waals surface area contributed by atoms with Crippen LogP contribution in [0.1, 0.15) is 54.9 Å². The van der Waals surface area contributed by atoms with Gasteiger partial charge in [-0.15, -0.1) is 0 Å². The van der Waals surface area contributed by atoms with Gasteiger partial charge in [-0.2, -0.15) is 0 Å². The van der Waals surface area contributed by atoms with Gasteiger partial charge in [0.25, 0.3) is 11.6 Å². The molecule has 0 bridgehead atoms. The maximum atomic E-state index is 12.1. The molecule has 1 atom stereocenters. The normalized spacial score (nSPS) is 14.9. The summed E-state index contributed by atoms with van der Waals surface area (Å²) in [7, 11) is 0. The average molecular weight is 360 g/mol. The van der Waals surface area contributed by atoms with Crippen molar-refractivity contribution in [2.75, 3.05) is 6.54 Å². The Balaban J connectivity index is 1.83. The summed E-state index contributed by atoms with van der Waals surface area (Å²) in [5, 5.41) is 13.6. The zero-order valence-corrected chi connectivity index (χ0v) is 15.1. The van der Waals surface area contributed by atoms with E-state index in [0.717, 1.165) is 19.3 Å². The lowest BCUT2D eigenvalue weighted by atomic mass is 9.97. The Morgan fingerprint density at radius 3 is 2.73 bits per heavy atom. The first-order chi connectivity index (χ1) is 12.4. The summed E-state index contributed by atoms with van der Waals surface area (Å²) in [6.45, 7) is 3.57. The number of nitro benzene ring substituents is 1. The van der Waals surface area contributed by atoms with Gasteiger partial charge < -0.3 is 10.1 Å². The fourth-order valence-corrected chi connectivity index (χ4v) is 2.89. The lowest BCUT2D eigenvalue weighted by molar-refractivity contribution is -0.385. The Morgan fingerprint density at radius 1 is 1.35 bits per heavy atom. The van der Waals surface area contributed by atoms with E-state index in [2.05, 4.69) is 11.4 Å². The first-order valence-corrected chi connectivity index (χ1v) is 8.80. The Labute approximate surface area is 152 Å². The van der Waals surface area contributed by atoms with Crippen LogP contribution in [-0.2, 0) is 9.53 Å². The van der Waals surface area contributed by atoms with E-state index in [9.17, 15) is 19.7 Å². The van der Waals surface area contributed by atoms with Crippen molar-refractivity contribution in [2.45, 2.75) is 52.1 Å². The van der Waals surface area contributed by atoms with Gasteiger partial charge in [0.2, 0.25) is 0 Å². The molecule has 1 N–H and O–H groups in total. The molecule has 0 saturated carbocycles. The zero-order valence-electron chi connectivity index (χ0n) is 15.1. The second-order valence-electron chi connectivity index (χ2n) is 6.46. The largest absolute Gasteiger partial charge is 0.449 e. The fraction of sp³-hybridized carbons (Fsp3) is 0.474. The fourth-order valence-electron chi connectivity index (χ4n) is 2.89. The van der Waals surface area contributed by atoms with Crippen LogP contribution in [0, 0.1) is 17.0 Å². The molecular weight excluding hydrogens is 336 g/mol. The summed E-state index contributed by atoms with van der Waals surface area (Å²) >= 11 is 0. The molecular formula is C19H24N2O5. The molecule has 1 aliphatic carbocycles. The lowest BCUT2D eigenvalue weighted by Crippen LogP contribution is -2.36. The number of carbonyl (C=O) groups excluding carboxylic acids is 2. The van der Waals surface area contributed by atoms with E-state index >= 15 is 0 Å². The van der Waals surface area contributed by atoms with Gasteiger partial charge in [0.05, 0.1) is 10.5 Å². The van der Waals surface area contributed by atoms with Crippen LogP contribution in [0.5, 0.6) is 0 Å². The number of aryl methyl sites for hydroxylation is 1. The third-order valence-corrected chi connectivity index (χ3v) is 4.41. The van der Waals surface area contributed by atoms with Crippen molar-refractivity contribution in [3.8, 4) is 0 Å². The van der Waals surface area contributed by atoms with Crippen LogP contribution in [0.25, 0.3) is 0 Å². The number of nitrogens with zero attached hydrogens (tertiary/aromatic N) is 1. The van der Waals surface area contributed by atoms with Crippen LogP contribution in [-0.4, -0.2) is 29.4 Å². The molecule has 7 heteroatoms. The summed E-state index contributed by atoms with van der Waals surface area (Å²) in [6, 6.07) is 3.98. The predicted molar refractivity (Wildman–Crippen MR) is 96.9 cm³/mol. The number of hydrogen-bond acceptors (Lipinski definition) is 5. The van der Waals surface area contributed by atoms with E-state index in [4.69, 9.17) is 4.74 Å². The molecule has 0 aromatic heterocycles. The Morgan fingerprint density at radius 2 is 2.12 bits per heavy atom. The lowest BCUT2D eigenvalue weighted by Gasteiger charge is -2.15. The summed E-state index contributed by atoms with van der Waals surface area (Å²) in [5.41, 5.74) is 1.84. The number of rotatable bonds is 7. The van der Waals surface area contributed by atoms with Crippen LogP contribution in [0.4, 0.5) is 5.69 Å². The SMILES string of the molecule is Cc1cc(C(=O)OC(C)C(=O)NCCC2=CCCCC2)ccc1[N+](=O)[O-]. The maximum absolute atomic E-state index is 12.1. The van der Waals surface area contributed by atoms with Gasteiger partial charge in [-0.1, -0.05) is 11.6 Å². The molecule has 1 aromatic rings. The minimum Gasteiger partial charge on any atom is -0.449 e. The number of esters is 1. The van der Waals surface area contributed by atoms with Crippen molar-refractivity contribution in [3.05, 3.63) is 51.1 Å². The highest BCUT2D eigenvalue weighted by Gasteiger charge is 2.20. The van der Waals surface area contributed by atoms with Gasteiger partial charge in [-0.25, -0.2) is 4.79 Å². The highest BCUT2D eigenvalue weighted by molar-refractivity contribution is 5.92. The van der Waals surface area contributed by atoms with Crippen molar-refractivity contribution in [3.63, 3.8) is 0 Å². The number of allylic oxidation sites excluding steroid dienone is 1. The standard InChI is InChI=1S/C19H24N2O5/c1-13-12-16(8-9-17(13)21(24)25)19(23)26-14(2)18(22)20-11-10-15-6-4-3-5-7-15/h6,8-9,12,14H,3-5,7,10-11H2,1-2H3,(H,20,22). The van der Waals surface area contributed by atoms with Crippen molar-refractivity contribution >= 4 is 17.6 Å². The van der Waals surface area contributed by atoms with Crippen molar-refractivity contribution < 1.29 is 19.2 Å². The summed E-state index contributed by atoms with van der Waals surface area (Å²) in [5.74, 6) is -1.03. The Hall–Kier alpha value is -2.70. The molecule has 1 amide bonds. The van der Waals surface area contributed by atoms with Crippen molar-refractivity contribution in [1.29, 1.82) is 0 Å². The van der Waals surface area contributed by atoms with E-state index in [-0.39, 0.29) is 17.2 Å². The van der Waals surface area contributed by atoms with Crippen LogP contribution in [0.15, 0.2) is 29.8 Å². The summed E-state index contributed by atoms with van der Waals surface area (Å²) in [6.07, 6.45) is 6.72. The van der Waals surface area contributed by atoms with E-state index in [1.165, 1.54) is 43.5 Å². The smallest absolute Gasteiger partial charge is 0.338 e. The first-order valence-electron chi connectivity index (χ1n) is 8.80. The molecule has 0 spiro atoms. The predicted octanol–water partition coefficient (Wildman–Crippen LogP) is 3.46. The zero-order chi connectivity index (χ0) is 19.1. The number of nitro groups is 1. The number of benzene rings is 1. The highest BCUT2D eigenvalue weighted by atomic mass is 16.6. The maximum Gasteiger partial charge on any atom is 0.338 e. The second kappa shape index (κ2) is 9.12. The highest BCUT2D eigenvalue weighted by Crippen LogP contribution is 2.20. The number of ether oxygens (including phenoxy) is 1. The Bertz CT molecular complexity index is 727. The molecule has 26 heavy (non-hydrogen) atoms. The molecule has 0 heterocycles. The number of amides is 1. The van der Waals surface area contributed by atoms with Crippen LogP contribution >= 0.6 is 0 Å². The van der Waals surface area contributed by atoms with E-state index in [1.807, 2.05) is 0 Å². The molecule has 1 unspecified atom stereocenters. The Kier molecular flexibility index (Phi) is 6.89. The molecule has 0 radical (unpaired) electrons. The van der Waals surface area contributed by atoms with E-state index in [0.29, 0.717) is 12.1 Å². The van der Waals surface area contributed by atoms with E-state index in [1.54, 1.807) is 6.92 Å². The van der Waals surface area contributed by atoms with Gasteiger partial charge in [0.15, 0.2) is 6.10 Å². The summed E-state index contributed by atoms with van der Waals surface area (Å²) < 4.78 is 5.16. The first kappa shape index (κ1) is 19.6. The van der Waals surface area contributed by atoms with Gasteiger partial charge in [0.1, 0.15) is 0 Å². The van der Waals surface area contributed by atoms with Gasteiger partial charge in [-0.05, 0) is 58.1 Å². The second-order valence-corrected chi connectivity index (χ2v) is 6.46. The summed E-state index contributed by atoms with van der Waals surface area (Å²) in [4.78, 5) is 34.5. The van der Waals surface area contributed by atoms with Gasteiger partial charge >= 0.3 is 5.97 Å². The molecule has 0 aliphatic heterocycles. The topological polar surface area (TPSA) is 98.5 Å². The molecule has 1 aliphatic rings. The van der Waals surface area contributed by atoms with Crippen LogP contribution in [0.3, 0.4) is 0 Å². The minimum atomic E-state index is -0.932. The molecule has 140 valence electrons. The molecule has 1 aromatic carbocycles. The molecule has 2 rings (SSSR count). The molecule has 7 nitrogen and oxygen atoms in total. The van der Waals surface area contributed by atoms with Gasteiger partial charge in [0, 0.05) is 18.2 Å². The van der Waals surface area contributed by atoms with Crippen molar-refractivity contribution in [2.24, 2.45) is 0 Å². The number of hydrogen-bond donors (Lipinski definition) is 1. The average Bonchev–Trinajstić information content (AvgIpc) is 2.62. The van der Waals surface area contributed by atoms with E-state index < -0.39 is 17.0 Å². The van der Waals surface area contributed by atoms with Crippen molar-refractivity contribution in [1.82, 2.24) is 5.32 Å². The third kappa shape index (κ3) is 5.40. The molecule has 0 fully saturated rings. The quantitative estimate of drug-likeness (QED) is 0.347. The van der Waals surface area contributed by atoms with Crippen LogP contribution < -0.4 is 5.32 Å². The van der Waals surface area contributed by atoms with Crippen LogP contribution in [0.2, 0.25) is 0 Å².